The highest BCUT2D eigenvalue weighted by Gasteiger charge is 2.36. The predicted molar refractivity (Wildman–Crippen MR) is 115 cm³/mol. The summed E-state index contributed by atoms with van der Waals surface area (Å²) < 4.78 is 0. The van der Waals surface area contributed by atoms with Crippen molar-refractivity contribution >= 4 is 0 Å². The van der Waals surface area contributed by atoms with Crippen LogP contribution in [0.2, 0.25) is 0 Å². The Kier molecular flexibility index (Phi) is 6.20. The van der Waals surface area contributed by atoms with Gasteiger partial charge in [0, 0.05) is 17.5 Å². The van der Waals surface area contributed by atoms with E-state index >= 15 is 0 Å². The second kappa shape index (κ2) is 9.18. The number of hydrogen-bond acceptors (Lipinski definition) is 0. The molecule has 28 heavy (non-hydrogen) atoms. The Hall–Kier alpha value is -2.42. The van der Waals surface area contributed by atoms with E-state index in [0.29, 0.717) is 18.0 Å². The van der Waals surface area contributed by atoms with Crippen LogP contribution < -0.4 is 10.2 Å². The molecule has 3 N–H and O–H groups in total. The summed E-state index contributed by atoms with van der Waals surface area (Å²) in [6.07, 6.45) is 1.26. The molecule has 0 bridgehead atoms. The normalized spacial score (nSPS) is 23.2. The lowest BCUT2D eigenvalue weighted by atomic mass is 9.85. The summed E-state index contributed by atoms with van der Waals surface area (Å²) >= 11 is 0. The molecule has 1 unspecified atom stereocenters. The van der Waals surface area contributed by atoms with E-state index in [2.05, 4.69) is 103 Å². The van der Waals surface area contributed by atoms with Crippen LogP contribution in [0.4, 0.5) is 0 Å². The molecule has 1 saturated heterocycles. The highest BCUT2D eigenvalue weighted by Crippen LogP contribution is 2.21. The molecule has 1 aliphatic rings. The molecule has 2 nitrogen and oxygen atoms in total. The average Bonchev–Trinajstić information content (AvgIpc) is 2.77. The van der Waals surface area contributed by atoms with E-state index in [1.54, 1.807) is 4.90 Å². The second-order valence-corrected chi connectivity index (χ2v) is 8.23. The summed E-state index contributed by atoms with van der Waals surface area (Å²) in [7, 11) is 0. The van der Waals surface area contributed by atoms with Gasteiger partial charge in [0.15, 0.2) is 0 Å². The third kappa shape index (κ3) is 4.70. The molecule has 4 rings (SSSR count). The Morgan fingerprint density at radius 1 is 0.857 bits per heavy atom. The monoisotopic (exact) mass is 372 g/mol. The molecule has 4 atom stereocenters. The molecular weight excluding hydrogens is 340 g/mol. The summed E-state index contributed by atoms with van der Waals surface area (Å²) in [6, 6.07) is 34.2. The number of rotatable bonds is 6. The molecule has 3 aromatic rings. The number of nitrogens with two attached hydrogens (primary N) is 1. The summed E-state index contributed by atoms with van der Waals surface area (Å²) in [5.74, 6) is 0.597. The predicted octanol–water partition coefficient (Wildman–Crippen LogP) is 2.95. The molecule has 0 saturated carbocycles. The molecule has 0 spiro atoms. The maximum absolute atomic E-state index is 2.62. The van der Waals surface area contributed by atoms with Crippen molar-refractivity contribution in [2.45, 2.75) is 37.9 Å². The third-order valence-corrected chi connectivity index (χ3v) is 6.24. The molecule has 1 heterocycles. The van der Waals surface area contributed by atoms with E-state index in [1.807, 2.05) is 0 Å². The largest absolute Gasteiger partial charge is 0.337 e. The van der Waals surface area contributed by atoms with Gasteiger partial charge in [0.1, 0.15) is 18.6 Å². The van der Waals surface area contributed by atoms with Crippen LogP contribution in [0.1, 0.15) is 42.0 Å². The number of quaternary nitrogens is 2. The van der Waals surface area contributed by atoms with E-state index in [4.69, 9.17) is 0 Å². The van der Waals surface area contributed by atoms with Crippen molar-refractivity contribution in [2.24, 2.45) is 0 Å². The fourth-order valence-corrected chi connectivity index (χ4v) is 4.72. The molecule has 3 aromatic carbocycles. The first-order valence-corrected chi connectivity index (χ1v) is 10.6. The second-order valence-electron chi connectivity index (χ2n) is 8.23. The zero-order valence-electron chi connectivity index (χ0n) is 16.8. The van der Waals surface area contributed by atoms with Gasteiger partial charge in [-0.05, 0) is 12.5 Å². The number of piperidine rings is 1. The highest BCUT2D eigenvalue weighted by atomic mass is 15.2. The van der Waals surface area contributed by atoms with E-state index in [9.17, 15) is 0 Å². The van der Waals surface area contributed by atoms with E-state index in [-0.39, 0.29) is 0 Å². The van der Waals surface area contributed by atoms with Gasteiger partial charge in [-0.25, -0.2) is 0 Å². The molecule has 0 amide bonds. The number of benzene rings is 3. The smallest absolute Gasteiger partial charge is 0.109 e. The third-order valence-electron chi connectivity index (χ3n) is 6.24. The van der Waals surface area contributed by atoms with Crippen LogP contribution >= 0.6 is 0 Å². The Balaban J connectivity index is 1.50. The first-order chi connectivity index (χ1) is 13.8. The van der Waals surface area contributed by atoms with Crippen molar-refractivity contribution in [3.05, 3.63) is 108 Å². The topological polar surface area (TPSA) is 21.1 Å². The first kappa shape index (κ1) is 18.9. The number of likely N-dealkylation sites (tertiary alicyclic amines) is 1. The zero-order valence-corrected chi connectivity index (χ0v) is 16.8. The first-order valence-electron chi connectivity index (χ1n) is 10.6. The van der Waals surface area contributed by atoms with Gasteiger partial charge in [0.05, 0.1) is 19.0 Å². The molecular formula is C26H32N2+2. The minimum atomic E-state index is 0.494. The van der Waals surface area contributed by atoms with Crippen LogP contribution in [0.3, 0.4) is 0 Å². The zero-order chi connectivity index (χ0) is 19.2. The highest BCUT2D eigenvalue weighted by molar-refractivity contribution is 5.22. The van der Waals surface area contributed by atoms with Crippen molar-refractivity contribution in [1.82, 2.24) is 0 Å². The van der Waals surface area contributed by atoms with E-state index in [0.717, 1.165) is 6.54 Å². The molecule has 144 valence electrons. The van der Waals surface area contributed by atoms with Crippen LogP contribution in [-0.4, -0.2) is 19.1 Å². The van der Waals surface area contributed by atoms with Gasteiger partial charge >= 0.3 is 0 Å². The van der Waals surface area contributed by atoms with Crippen molar-refractivity contribution in [2.75, 3.05) is 13.1 Å². The van der Waals surface area contributed by atoms with Gasteiger partial charge < -0.3 is 10.2 Å². The fraction of sp³-hybridized carbons (Fsp3) is 0.308. The van der Waals surface area contributed by atoms with Gasteiger partial charge in [0.2, 0.25) is 0 Å². The fourth-order valence-electron chi connectivity index (χ4n) is 4.72. The maximum atomic E-state index is 2.62. The van der Waals surface area contributed by atoms with Crippen molar-refractivity contribution in [1.29, 1.82) is 0 Å². The lowest BCUT2D eigenvalue weighted by Gasteiger charge is -2.36. The summed E-state index contributed by atoms with van der Waals surface area (Å²) in [6.45, 7) is 5.94. The van der Waals surface area contributed by atoms with Gasteiger partial charge in [0.25, 0.3) is 0 Å². The van der Waals surface area contributed by atoms with Crippen molar-refractivity contribution in [3.8, 4) is 0 Å². The standard InChI is InChI=1S/C26H30N2/c1-21(23-13-7-3-8-14-23)27-26-17-18-28(19-22-11-5-2-6-12-22)20-25(26)24-15-9-4-10-16-24/h2-16,21,25-27H,17-20H2,1H3/p+2/t21-,25+,26+/m0/s1. The van der Waals surface area contributed by atoms with Gasteiger partial charge in [-0.1, -0.05) is 91.0 Å². The minimum absolute atomic E-state index is 0.494. The Morgan fingerprint density at radius 3 is 2.14 bits per heavy atom. The maximum Gasteiger partial charge on any atom is 0.109 e. The Morgan fingerprint density at radius 2 is 1.46 bits per heavy atom. The van der Waals surface area contributed by atoms with Crippen LogP contribution in [0, 0.1) is 0 Å². The quantitative estimate of drug-likeness (QED) is 0.664. The van der Waals surface area contributed by atoms with Crippen molar-refractivity contribution < 1.29 is 10.2 Å². The van der Waals surface area contributed by atoms with Gasteiger partial charge in [-0.15, -0.1) is 0 Å². The molecule has 0 aliphatic carbocycles. The lowest BCUT2D eigenvalue weighted by molar-refractivity contribution is -0.929. The molecule has 0 aromatic heterocycles. The molecule has 2 heteroatoms. The van der Waals surface area contributed by atoms with Crippen LogP contribution in [-0.2, 0) is 6.54 Å². The summed E-state index contributed by atoms with van der Waals surface area (Å²) in [4.78, 5) is 1.71. The molecule has 1 fully saturated rings. The molecule has 0 radical (unpaired) electrons. The van der Waals surface area contributed by atoms with Crippen LogP contribution in [0.25, 0.3) is 0 Å². The van der Waals surface area contributed by atoms with E-state index < -0.39 is 0 Å². The van der Waals surface area contributed by atoms with Crippen LogP contribution in [0.15, 0.2) is 91.0 Å². The average molecular weight is 373 g/mol. The Bertz CT molecular complexity index is 832. The summed E-state index contributed by atoms with van der Waals surface area (Å²) in [5.41, 5.74) is 4.37. The Labute approximate surface area is 169 Å². The van der Waals surface area contributed by atoms with E-state index in [1.165, 1.54) is 36.2 Å². The van der Waals surface area contributed by atoms with Crippen molar-refractivity contribution in [3.63, 3.8) is 0 Å². The molecule has 1 aliphatic heterocycles. The summed E-state index contributed by atoms with van der Waals surface area (Å²) in [5, 5.41) is 2.62. The lowest BCUT2D eigenvalue weighted by Crippen LogP contribution is -3.14. The van der Waals surface area contributed by atoms with Gasteiger partial charge in [-0.2, -0.15) is 0 Å². The SMILES string of the molecule is C[C@H]([NH2+][C@@H]1CC[NH+](Cc2ccccc2)C[C@@H]1c1ccccc1)c1ccccc1. The number of nitrogens with one attached hydrogen (secondary N) is 1. The van der Waals surface area contributed by atoms with Crippen LogP contribution in [0.5, 0.6) is 0 Å². The van der Waals surface area contributed by atoms with Gasteiger partial charge in [-0.3, -0.25) is 0 Å². The minimum Gasteiger partial charge on any atom is -0.337 e. The number of hydrogen-bond donors (Lipinski definition) is 2.